The monoisotopic (exact) mass is 2060 g/mol. The summed E-state index contributed by atoms with van der Waals surface area (Å²) in [6.07, 6.45) is 17.6. The summed E-state index contributed by atoms with van der Waals surface area (Å²) in [5, 5.41) is 0. The summed E-state index contributed by atoms with van der Waals surface area (Å²) in [5.74, 6) is 1.80. The third-order valence-corrected chi connectivity index (χ3v) is 30.9. The number of halogens is 5. The van der Waals surface area contributed by atoms with Crippen molar-refractivity contribution in [2.24, 2.45) is 0 Å². The average Bonchev–Trinajstić information content (AvgIpc) is 1.66. The van der Waals surface area contributed by atoms with Crippen LogP contribution in [0.15, 0.2) is 223 Å². The normalized spacial score (nSPS) is 15.7. The van der Waals surface area contributed by atoms with Crippen molar-refractivity contribution in [3.63, 3.8) is 0 Å². The molecule has 0 unspecified atom stereocenters. The van der Waals surface area contributed by atoms with Gasteiger partial charge < -0.3 is 38.5 Å². The third-order valence-electron chi connectivity index (χ3n) is 21.5. The van der Waals surface area contributed by atoms with E-state index in [9.17, 15) is 8.42 Å². The molecule has 5 aliphatic heterocycles. The van der Waals surface area contributed by atoms with Gasteiger partial charge >= 0.3 is 218 Å². The molecule has 0 amide bonds. The van der Waals surface area contributed by atoms with Crippen molar-refractivity contribution >= 4 is 110 Å². The van der Waals surface area contributed by atoms with Gasteiger partial charge in [0.15, 0.2) is 0 Å². The Bertz CT molecular complexity index is 5080. The second-order valence-electron chi connectivity index (χ2n) is 33.1. The molecule has 5 heterocycles. The van der Waals surface area contributed by atoms with E-state index in [4.69, 9.17) is 73.1 Å². The Labute approximate surface area is 805 Å². The van der Waals surface area contributed by atoms with Gasteiger partial charge in [0, 0.05) is 83.4 Å². The zero-order valence-electron chi connectivity index (χ0n) is 78.0. The number of allylic oxidation sites excluding steroid dienone is 8. The van der Waals surface area contributed by atoms with Crippen LogP contribution in [0.1, 0.15) is 149 Å². The van der Waals surface area contributed by atoms with Crippen LogP contribution < -0.4 is 29.1 Å². The van der Waals surface area contributed by atoms with Crippen LogP contribution in [0, 0.1) is 109 Å². The number of ether oxygens (including phenoxy) is 5. The minimum absolute atomic E-state index is 0. The number of aryl methyl sites for hydroxylation is 13. The maximum atomic E-state index is 10.7. The predicted molar refractivity (Wildman–Crippen MR) is 550 cm³/mol. The number of rotatable bonds is 15. The first-order valence-corrected chi connectivity index (χ1v) is 58.2. The Morgan fingerprint density at radius 2 is 0.791 bits per heavy atom. The van der Waals surface area contributed by atoms with Gasteiger partial charge in [-0.1, -0.05) is 126 Å². The van der Waals surface area contributed by atoms with Crippen LogP contribution in [0.25, 0.3) is 11.6 Å². The number of hydrogen-bond donors (Lipinski definition) is 0. The molecule has 698 valence electrons. The molecule has 9 aromatic rings. The van der Waals surface area contributed by atoms with Gasteiger partial charge in [-0.2, -0.15) is 13.3 Å². The Morgan fingerprint density at radius 3 is 1.12 bits per heavy atom. The van der Waals surface area contributed by atoms with Crippen LogP contribution in [-0.2, 0) is 50.3 Å². The van der Waals surface area contributed by atoms with Crippen molar-refractivity contribution in [1.29, 1.82) is 0 Å². The number of para-hydroxylation sites is 2. The molecule has 0 saturated carbocycles. The molecule has 0 N–H and O–H groups in total. The number of fused-ring (bicyclic) bond motifs is 1. The molecule has 0 radical (unpaired) electrons. The molecule has 0 bridgehead atoms. The molecule has 16 rings (SSSR count). The quantitative estimate of drug-likeness (QED) is 0.0421. The molecule has 0 spiro atoms. The Morgan fingerprint density at radius 1 is 0.442 bits per heavy atom. The van der Waals surface area contributed by atoms with Crippen LogP contribution in [0.5, 0.6) is 11.5 Å². The summed E-state index contributed by atoms with van der Waals surface area (Å²) in [4.78, 5) is 9.77. The van der Waals surface area contributed by atoms with E-state index in [2.05, 4.69) is 233 Å². The van der Waals surface area contributed by atoms with Crippen molar-refractivity contribution in [2.45, 2.75) is 156 Å². The zero-order chi connectivity index (χ0) is 92.7. The van der Waals surface area contributed by atoms with Gasteiger partial charge in [0.25, 0.3) is 9.05 Å². The fourth-order valence-electron chi connectivity index (χ4n) is 16.6. The van der Waals surface area contributed by atoms with Crippen molar-refractivity contribution in [3.05, 3.63) is 338 Å². The van der Waals surface area contributed by atoms with E-state index >= 15 is 0 Å². The molecule has 9 aromatic carbocycles. The van der Waals surface area contributed by atoms with Crippen LogP contribution in [0.2, 0.25) is 0 Å². The summed E-state index contributed by atoms with van der Waals surface area (Å²) >= 11 is -3.65. The van der Waals surface area contributed by atoms with E-state index < -0.39 is 44.5 Å². The van der Waals surface area contributed by atoms with E-state index in [-0.39, 0.29) is 24.5 Å². The Kier molecular flexibility index (Phi) is 44.7. The molecular formula is C106H135Cl5N7O7PRu2S. The molecule has 2 aliphatic carbocycles. The SMILES string of the molecule is C.C1CN([PH+](N2CCOCC2)N2CCOCC2)CCO1.CC(C)Oc1ccccc1[CH]=[Ru]([Cl])[Cl].CC1=CC=CC=[C+]1.CC=Cc1ccccc1OC(C)C.Cc1cc(C)c(N2[CH-]N(c3c(C)cc(C)cc3C)CC2)c(C)c1.Cc1cc(C)c(N2[CH-]N(c3c(C)cc(C)cc3C)CC2)c(C)c1.Cc1ccc(S(=O)(=O)Cl)cc1.[Cl][Ru]([Cl])=[C]1C=C(c2ccccc2)c2ccccc21. The molecule has 23 heteroatoms. The van der Waals surface area contributed by atoms with Crippen molar-refractivity contribution in [3.8, 4) is 11.5 Å². The Hall–Kier alpha value is -7.03. The second kappa shape index (κ2) is 53.8. The van der Waals surface area contributed by atoms with E-state index in [1.807, 2.05) is 150 Å². The van der Waals surface area contributed by atoms with Crippen molar-refractivity contribution < 1.29 is 59.1 Å². The fraction of sp³-hybridized carbons (Fsp3) is 0.358. The summed E-state index contributed by atoms with van der Waals surface area (Å²) < 4.78 is 60.2. The fourth-order valence-corrected chi connectivity index (χ4v) is 24.6. The van der Waals surface area contributed by atoms with Crippen molar-refractivity contribution in [1.82, 2.24) is 14.0 Å². The van der Waals surface area contributed by atoms with E-state index in [0.717, 1.165) is 137 Å². The number of hydrogen-bond acceptors (Lipinski definition) is 14. The first-order valence-electron chi connectivity index (χ1n) is 43.8. The summed E-state index contributed by atoms with van der Waals surface area (Å²) in [6.45, 7) is 60.8. The number of morpholine rings is 3. The van der Waals surface area contributed by atoms with Crippen LogP contribution in [0.4, 0.5) is 22.7 Å². The minimum atomic E-state index is -3.55. The van der Waals surface area contributed by atoms with Gasteiger partial charge in [-0.3, -0.25) is 0 Å². The molecule has 129 heavy (non-hydrogen) atoms. The number of nitrogens with zero attached hydrogens (tertiary/aromatic N) is 7. The summed E-state index contributed by atoms with van der Waals surface area (Å²) in [7, 11) is 24.8. The van der Waals surface area contributed by atoms with Crippen LogP contribution in [0.3, 0.4) is 0 Å². The van der Waals surface area contributed by atoms with Gasteiger partial charge in [-0.05, 0) is 180 Å². The summed E-state index contributed by atoms with van der Waals surface area (Å²) in [6, 6.07) is 59.1. The molecule has 7 aliphatic rings. The predicted octanol–water partition coefficient (Wildman–Crippen LogP) is 26.0. The van der Waals surface area contributed by atoms with Gasteiger partial charge in [0.05, 0.1) is 96.0 Å². The number of benzene rings is 9. The van der Waals surface area contributed by atoms with Gasteiger partial charge in [-0.15, -0.1) is 14.0 Å². The second-order valence-corrected chi connectivity index (χ2v) is 49.7. The number of anilines is 4. The molecule has 5 fully saturated rings. The van der Waals surface area contributed by atoms with E-state index in [0.29, 0.717) is 0 Å². The average molecular weight is 2060 g/mol. The summed E-state index contributed by atoms with van der Waals surface area (Å²) in [5.41, 5.74) is 30.9. The van der Waals surface area contributed by atoms with Crippen LogP contribution >= 0.6 is 57.8 Å². The molecule has 5 saturated heterocycles. The van der Waals surface area contributed by atoms with Gasteiger partial charge in [0.2, 0.25) is 8.37 Å². The molecule has 14 nitrogen and oxygen atoms in total. The third kappa shape index (κ3) is 33.2. The topological polar surface area (TPSA) is 103 Å². The standard InChI is InChI=1S/2C21H27N2.C15H10.C12H24N3O3P.C12H16O.C10H12O.C7H7ClO2S.C7H7.CH4.4ClH.2Ru/c2*1-14-9-16(3)20(17(4)10-14)22-7-8-23(13-22)21-18(5)11-15(2)12-19(21)6;1-2-6-12(7-3-1)15-11-10-13-8-4-5-9-14(13)15;1-7-16-8-2-13(1)19(14-3-9-17-10-4-14)15-5-11-18-12-6-15;1-4-7-11-8-5-6-9-12(11)13-10(2)3;1-8(2)11-10-7-5-4-6-9(10)3;1-6-2-4-7(5-3-6)11(8,9)10;1-7-5-3-2-4-6-7;;;;;;;/h2*9-13H,7-8H2,1-6H3;1-9,11H;1-12H2;4-10H,1-3H3;3-8H,1-2H3;2-5H,1H3;2-5H,1H3;1H4;4*1H;;/q2*-1;;;;;;+1;;;;;;2*+2/p-3. The first-order chi connectivity index (χ1) is 61.2. The van der Waals surface area contributed by atoms with E-state index in [1.165, 1.54) is 129 Å². The molecule has 0 aromatic heterocycles. The van der Waals surface area contributed by atoms with Gasteiger partial charge in [-0.25, -0.2) is 8.42 Å². The van der Waals surface area contributed by atoms with Crippen molar-refractivity contribution in [2.75, 3.05) is 125 Å². The maximum absolute atomic E-state index is 10.7. The van der Waals surface area contributed by atoms with Gasteiger partial charge in [0.1, 0.15) is 17.4 Å². The zero-order valence-corrected chi connectivity index (χ0v) is 87.1. The molecular weight excluding hydrogens is 1930 g/mol. The molecule has 0 atom stereocenters. The Balaban J connectivity index is 0.000000185. The van der Waals surface area contributed by atoms with E-state index in [1.54, 1.807) is 12.1 Å². The van der Waals surface area contributed by atoms with Crippen LogP contribution in [-0.4, -0.2) is 148 Å². The first kappa shape index (κ1) is 107.